The van der Waals surface area contributed by atoms with Crippen LogP contribution in [0.15, 0.2) is 29.4 Å². The van der Waals surface area contributed by atoms with E-state index in [1.165, 1.54) is 0 Å². The van der Waals surface area contributed by atoms with Crippen LogP contribution in [-0.4, -0.2) is 17.5 Å². The number of hydrogen-bond donors (Lipinski definition) is 0. The van der Waals surface area contributed by atoms with Gasteiger partial charge in [-0.05, 0) is 31.2 Å². The Bertz CT molecular complexity index is 479. The molecule has 5 heteroatoms. The molecule has 0 amide bonds. The Morgan fingerprint density at radius 2 is 2.00 bits per heavy atom. The first kappa shape index (κ1) is 10.8. The molecule has 16 heavy (non-hydrogen) atoms. The molecule has 1 aromatic rings. The normalized spacial score (nSPS) is 19.2. The molecule has 0 aliphatic carbocycles. The van der Waals surface area contributed by atoms with Gasteiger partial charge in [-0.2, -0.15) is 0 Å². The minimum absolute atomic E-state index is 0.319. The monoisotopic (exact) mass is 237 g/mol. The lowest BCUT2D eigenvalue weighted by Crippen LogP contribution is -2.26. The zero-order chi connectivity index (χ0) is 11.7. The Morgan fingerprint density at radius 3 is 2.50 bits per heavy atom. The number of rotatable bonds is 2. The summed E-state index contributed by atoms with van der Waals surface area (Å²) in [5.74, 6) is -1.86. The van der Waals surface area contributed by atoms with E-state index in [0.29, 0.717) is 16.3 Å². The summed E-state index contributed by atoms with van der Waals surface area (Å²) in [4.78, 5) is 27.7. The molecule has 1 aliphatic rings. The fourth-order valence-electron chi connectivity index (χ4n) is 1.47. The minimum atomic E-state index is -0.916. The maximum absolute atomic E-state index is 12.0. The van der Waals surface area contributed by atoms with E-state index in [2.05, 4.69) is 9.99 Å². The third-order valence-corrected chi connectivity index (χ3v) is 2.58. The summed E-state index contributed by atoms with van der Waals surface area (Å²) in [6, 6.07) is 6.34. The van der Waals surface area contributed by atoms with E-state index in [9.17, 15) is 9.59 Å². The van der Waals surface area contributed by atoms with Gasteiger partial charge in [0.15, 0.2) is 11.7 Å². The van der Waals surface area contributed by atoms with Crippen LogP contribution in [0, 0.1) is 5.92 Å². The number of oxime groups is 1. The number of halogens is 1. The maximum Gasteiger partial charge on any atom is 0.351 e. The van der Waals surface area contributed by atoms with Crippen molar-refractivity contribution in [1.29, 1.82) is 0 Å². The molecule has 1 atom stereocenters. The van der Waals surface area contributed by atoms with Crippen molar-refractivity contribution in [1.82, 2.24) is 0 Å². The predicted octanol–water partition coefficient (Wildman–Crippen LogP) is 2.07. The molecule has 0 N–H and O–H groups in total. The Balaban J connectivity index is 2.29. The second kappa shape index (κ2) is 4.06. The molecule has 4 nitrogen and oxygen atoms in total. The highest BCUT2D eigenvalue weighted by Gasteiger charge is 2.36. The van der Waals surface area contributed by atoms with Crippen molar-refractivity contribution < 1.29 is 14.4 Å². The zero-order valence-corrected chi connectivity index (χ0v) is 9.19. The van der Waals surface area contributed by atoms with Gasteiger partial charge < -0.3 is 4.84 Å². The van der Waals surface area contributed by atoms with E-state index >= 15 is 0 Å². The third-order valence-electron chi connectivity index (χ3n) is 2.32. The molecule has 0 radical (unpaired) electrons. The van der Waals surface area contributed by atoms with Crippen LogP contribution in [0.25, 0.3) is 0 Å². The van der Waals surface area contributed by atoms with E-state index in [1.807, 2.05) is 0 Å². The molecule has 1 heterocycles. The summed E-state index contributed by atoms with van der Waals surface area (Å²) in [5.41, 5.74) is 0.799. The van der Waals surface area contributed by atoms with E-state index in [4.69, 9.17) is 11.6 Å². The molecule has 1 aromatic carbocycles. The number of benzene rings is 1. The second-order valence-electron chi connectivity index (χ2n) is 3.45. The number of hydrogen-bond acceptors (Lipinski definition) is 4. The molecule has 0 saturated carbocycles. The highest BCUT2D eigenvalue weighted by molar-refractivity contribution is 6.31. The molecule has 0 saturated heterocycles. The Morgan fingerprint density at radius 1 is 1.38 bits per heavy atom. The quantitative estimate of drug-likeness (QED) is 0.450. The maximum atomic E-state index is 12.0. The number of Topliss-reactive ketones (excluding diaryl/α,β-unsaturated/α-hetero) is 1. The molecule has 0 bridgehead atoms. The van der Waals surface area contributed by atoms with E-state index in [1.54, 1.807) is 31.2 Å². The number of carbonyl (C=O) groups is 2. The van der Waals surface area contributed by atoms with Gasteiger partial charge in [0, 0.05) is 10.6 Å². The summed E-state index contributed by atoms with van der Waals surface area (Å²) >= 11 is 5.71. The van der Waals surface area contributed by atoms with Crippen LogP contribution >= 0.6 is 11.6 Å². The summed E-state index contributed by atoms with van der Waals surface area (Å²) in [6.45, 7) is 1.59. The first-order chi connectivity index (χ1) is 7.59. The Kier molecular flexibility index (Phi) is 2.75. The van der Waals surface area contributed by atoms with Gasteiger partial charge in [-0.1, -0.05) is 16.8 Å². The van der Waals surface area contributed by atoms with Gasteiger partial charge in [0.25, 0.3) is 0 Å². The van der Waals surface area contributed by atoms with E-state index in [0.717, 1.165) is 0 Å². The first-order valence-corrected chi connectivity index (χ1v) is 5.02. The molecule has 0 fully saturated rings. The molecule has 82 valence electrons. The number of ketones is 1. The second-order valence-corrected chi connectivity index (χ2v) is 3.88. The fourth-order valence-corrected chi connectivity index (χ4v) is 1.60. The van der Waals surface area contributed by atoms with Crippen molar-refractivity contribution in [2.45, 2.75) is 6.92 Å². The lowest BCUT2D eigenvalue weighted by molar-refractivity contribution is -0.142. The molecular weight excluding hydrogens is 230 g/mol. The van der Waals surface area contributed by atoms with Crippen molar-refractivity contribution in [3.63, 3.8) is 0 Å². The van der Waals surface area contributed by atoms with Crippen LogP contribution in [0.4, 0.5) is 0 Å². The van der Waals surface area contributed by atoms with Crippen molar-refractivity contribution in [3.8, 4) is 0 Å². The summed E-state index contributed by atoms with van der Waals surface area (Å²) in [7, 11) is 0. The van der Waals surface area contributed by atoms with Gasteiger partial charge >= 0.3 is 5.97 Å². The van der Waals surface area contributed by atoms with Crippen LogP contribution in [-0.2, 0) is 9.63 Å². The smallest absolute Gasteiger partial charge is 0.317 e. The zero-order valence-electron chi connectivity index (χ0n) is 8.44. The van der Waals surface area contributed by atoms with Crippen LogP contribution in [0.1, 0.15) is 17.3 Å². The number of nitrogens with zero attached hydrogens (tertiary/aromatic N) is 1. The van der Waals surface area contributed by atoms with Gasteiger partial charge in [-0.3, -0.25) is 4.79 Å². The summed E-state index contributed by atoms with van der Waals surface area (Å²) in [6.07, 6.45) is 0. The third kappa shape index (κ3) is 1.84. The van der Waals surface area contributed by atoms with Crippen LogP contribution in [0.3, 0.4) is 0 Å². The fraction of sp³-hybridized carbons (Fsp3) is 0.182. The highest BCUT2D eigenvalue weighted by Crippen LogP contribution is 2.19. The lowest BCUT2D eigenvalue weighted by atomic mass is 9.94. The molecule has 0 spiro atoms. The molecule has 0 aromatic heterocycles. The van der Waals surface area contributed by atoms with Crippen molar-refractivity contribution in [3.05, 3.63) is 34.9 Å². The van der Waals surface area contributed by atoms with Gasteiger partial charge in [0.1, 0.15) is 0 Å². The van der Waals surface area contributed by atoms with Gasteiger partial charge in [-0.15, -0.1) is 0 Å². The van der Waals surface area contributed by atoms with Crippen LogP contribution in [0.2, 0.25) is 5.02 Å². The SMILES string of the molecule is CC1=NOC(=O)C1C(=O)c1ccc(Cl)cc1. The summed E-state index contributed by atoms with van der Waals surface area (Å²) in [5, 5.41) is 4.02. The predicted molar refractivity (Wildman–Crippen MR) is 58.5 cm³/mol. The average Bonchev–Trinajstić information content (AvgIpc) is 2.59. The molecule has 2 rings (SSSR count). The Hall–Kier alpha value is -1.68. The van der Waals surface area contributed by atoms with Crippen molar-refractivity contribution >= 4 is 29.1 Å². The standard InChI is InChI=1S/C11H8ClNO3/c1-6-9(11(15)16-13-6)10(14)7-2-4-8(12)5-3-7/h2-5,9H,1H3. The first-order valence-electron chi connectivity index (χ1n) is 4.64. The molecular formula is C11H8ClNO3. The van der Waals surface area contributed by atoms with Gasteiger partial charge in [-0.25, -0.2) is 4.79 Å². The van der Waals surface area contributed by atoms with Gasteiger partial charge in [0.05, 0.1) is 5.71 Å². The molecule has 1 aliphatic heterocycles. The minimum Gasteiger partial charge on any atom is -0.317 e. The van der Waals surface area contributed by atoms with Crippen LogP contribution in [0.5, 0.6) is 0 Å². The Labute approximate surface area is 96.8 Å². The van der Waals surface area contributed by atoms with E-state index in [-0.39, 0.29) is 5.78 Å². The molecule has 1 unspecified atom stereocenters. The highest BCUT2D eigenvalue weighted by atomic mass is 35.5. The lowest BCUT2D eigenvalue weighted by Gasteiger charge is -2.05. The number of carbonyl (C=O) groups excluding carboxylic acids is 2. The summed E-state index contributed by atoms with van der Waals surface area (Å²) < 4.78 is 0. The van der Waals surface area contributed by atoms with Gasteiger partial charge in [0.2, 0.25) is 0 Å². The van der Waals surface area contributed by atoms with Crippen molar-refractivity contribution in [2.75, 3.05) is 0 Å². The van der Waals surface area contributed by atoms with Crippen molar-refractivity contribution in [2.24, 2.45) is 11.1 Å². The van der Waals surface area contributed by atoms with Crippen LogP contribution < -0.4 is 0 Å². The largest absolute Gasteiger partial charge is 0.351 e. The average molecular weight is 238 g/mol. The van der Waals surface area contributed by atoms with E-state index < -0.39 is 11.9 Å². The topological polar surface area (TPSA) is 55.7 Å².